The molecule has 1 aliphatic rings. The Labute approximate surface area is 110 Å². The first-order valence-electron chi connectivity index (χ1n) is 6.72. The van der Waals surface area contributed by atoms with Crippen molar-refractivity contribution < 1.29 is 4.74 Å². The summed E-state index contributed by atoms with van der Waals surface area (Å²) in [7, 11) is 1.69. The molecule has 2 unspecified atom stereocenters. The van der Waals surface area contributed by atoms with Crippen molar-refractivity contribution in [3.05, 3.63) is 29.3 Å². The summed E-state index contributed by atoms with van der Waals surface area (Å²) in [5.74, 6) is 2.50. The number of nitrogens with zero attached hydrogens (tertiary/aromatic N) is 1. The SMILES string of the molecule is COc1ccc(CN2CC(C)C(C)C2)cc1CN. The highest BCUT2D eigenvalue weighted by molar-refractivity contribution is 5.37. The number of likely N-dealkylation sites (tertiary alicyclic amines) is 1. The number of methoxy groups -OCH3 is 1. The predicted octanol–water partition coefficient (Wildman–Crippen LogP) is 2.24. The zero-order valence-electron chi connectivity index (χ0n) is 11.6. The Morgan fingerprint density at radius 3 is 2.50 bits per heavy atom. The molecule has 0 saturated carbocycles. The molecule has 0 aliphatic carbocycles. The van der Waals surface area contributed by atoms with Gasteiger partial charge in [0.15, 0.2) is 0 Å². The number of hydrogen-bond acceptors (Lipinski definition) is 3. The second-order valence-electron chi connectivity index (χ2n) is 5.50. The van der Waals surface area contributed by atoms with Gasteiger partial charge in [-0.1, -0.05) is 19.9 Å². The molecule has 3 heteroatoms. The van der Waals surface area contributed by atoms with Crippen LogP contribution in [-0.4, -0.2) is 25.1 Å². The molecule has 0 bridgehead atoms. The van der Waals surface area contributed by atoms with Crippen LogP contribution in [0.5, 0.6) is 5.75 Å². The fourth-order valence-corrected chi connectivity index (χ4v) is 2.73. The maximum Gasteiger partial charge on any atom is 0.123 e. The van der Waals surface area contributed by atoms with Gasteiger partial charge in [0, 0.05) is 31.7 Å². The van der Waals surface area contributed by atoms with Crippen LogP contribution in [0.3, 0.4) is 0 Å². The van der Waals surface area contributed by atoms with Crippen LogP contribution in [0, 0.1) is 11.8 Å². The lowest BCUT2D eigenvalue weighted by Gasteiger charge is -2.17. The summed E-state index contributed by atoms with van der Waals surface area (Å²) in [5.41, 5.74) is 8.18. The number of benzene rings is 1. The Balaban J connectivity index is 2.06. The molecule has 0 spiro atoms. The van der Waals surface area contributed by atoms with Gasteiger partial charge in [-0.25, -0.2) is 0 Å². The van der Waals surface area contributed by atoms with Crippen LogP contribution in [0.1, 0.15) is 25.0 Å². The van der Waals surface area contributed by atoms with Crippen molar-refractivity contribution in [2.45, 2.75) is 26.9 Å². The van der Waals surface area contributed by atoms with Gasteiger partial charge < -0.3 is 10.5 Å². The largest absolute Gasteiger partial charge is 0.496 e. The van der Waals surface area contributed by atoms with Gasteiger partial charge in [0.2, 0.25) is 0 Å². The van der Waals surface area contributed by atoms with Crippen LogP contribution >= 0.6 is 0 Å². The van der Waals surface area contributed by atoms with Crippen molar-refractivity contribution in [3.8, 4) is 5.75 Å². The standard InChI is InChI=1S/C15H24N2O/c1-11-8-17(9-12(11)2)10-13-4-5-15(18-3)14(6-13)7-16/h4-6,11-12H,7-10,16H2,1-3H3. The van der Waals surface area contributed by atoms with Crippen LogP contribution in [0.4, 0.5) is 0 Å². The Morgan fingerprint density at radius 2 is 1.94 bits per heavy atom. The van der Waals surface area contributed by atoms with Crippen molar-refractivity contribution in [3.63, 3.8) is 0 Å². The lowest BCUT2D eigenvalue weighted by atomic mass is 10.0. The second-order valence-corrected chi connectivity index (χ2v) is 5.50. The molecule has 2 N–H and O–H groups in total. The summed E-state index contributed by atoms with van der Waals surface area (Å²) >= 11 is 0. The van der Waals surface area contributed by atoms with Crippen molar-refractivity contribution in [2.75, 3.05) is 20.2 Å². The van der Waals surface area contributed by atoms with E-state index < -0.39 is 0 Å². The number of nitrogens with two attached hydrogens (primary N) is 1. The molecule has 100 valence electrons. The van der Waals surface area contributed by atoms with E-state index >= 15 is 0 Å². The van der Waals surface area contributed by atoms with Crippen molar-refractivity contribution in [1.82, 2.24) is 4.90 Å². The summed E-state index contributed by atoms with van der Waals surface area (Å²) in [6.07, 6.45) is 0. The molecule has 0 amide bonds. The van der Waals surface area contributed by atoms with E-state index in [0.29, 0.717) is 6.54 Å². The second kappa shape index (κ2) is 5.72. The van der Waals surface area contributed by atoms with Crippen molar-refractivity contribution in [1.29, 1.82) is 0 Å². The molecule has 3 nitrogen and oxygen atoms in total. The third-order valence-electron chi connectivity index (χ3n) is 4.03. The number of hydrogen-bond donors (Lipinski definition) is 1. The zero-order valence-corrected chi connectivity index (χ0v) is 11.6. The van der Waals surface area contributed by atoms with E-state index in [2.05, 4.69) is 30.9 Å². The molecule has 0 aromatic heterocycles. The molecule has 1 aliphatic heterocycles. The molecule has 1 saturated heterocycles. The Kier molecular flexibility index (Phi) is 4.25. The molecule has 1 fully saturated rings. The van der Waals surface area contributed by atoms with Gasteiger partial charge in [-0.05, 0) is 29.5 Å². The summed E-state index contributed by atoms with van der Waals surface area (Å²) in [6, 6.07) is 6.35. The van der Waals surface area contributed by atoms with Crippen LogP contribution in [0.25, 0.3) is 0 Å². The van der Waals surface area contributed by atoms with Crippen molar-refractivity contribution in [2.24, 2.45) is 17.6 Å². The Hall–Kier alpha value is -1.06. The fourth-order valence-electron chi connectivity index (χ4n) is 2.73. The third kappa shape index (κ3) is 2.85. The molecule has 2 rings (SSSR count). The van der Waals surface area contributed by atoms with Gasteiger partial charge in [0.25, 0.3) is 0 Å². The molecular formula is C15H24N2O. The van der Waals surface area contributed by atoms with E-state index in [9.17, 15) is 0 Å². The molecule has 0 radical (unpaired) electrons. The summed E-state index contributed by atoms with van der Waals surface area (Å²) in [5, 5.41) is 0. The van der Waals surface area contributed by atoms with Gasteiger partial charge >= 0.3 is 0 Å². The fraction of sp³-hybridized carbons (Fsp3) is 0.600. The maximum absolute atomic E-state index is 5.75. The minimum Gasteiger partial charge on any atom is -0.496 e. The highest BCUT2D eigenvalue weighted by atomic mass is 16.5. The Bertz CT molecular complexity index is 395. The quantitative estimate of drug-likeness (QED) is 0.888. The normalized spacial score (nSPS) is 24.4. The summed E-state index contributed by atoms with van der Waals surface area (Å²) in [6.45, 7) is 8.62. The van der Waals surface area contributed by atoms with E-state index in [4.69, 9.17) is 10.5 Å². The number of rotatable bonds is 4. The maximum atomic E-state index is 5.75. The van der Waals surface area contributed by atoms with E-state index in [1.54, 1.807) is 7.11 Å². The van der Waals surface area contributed by atoms with Crippen LogP contribution in [-0.2, 0) is 13.1 Å². The molecule has 1 aromatic carbocycles. The molecule has 2 atom stereocenters. The van der Waals surface area contributed by atoms with Gasteiger partial charge in [-0.3, -0.25) is 4.90 Å². The van der Waals surface area contributed by atoms with Crippen molar-refractivity contribution >= 4 is 0 Å². The average Bonchev–Trinajstić information content (AvgIpc) is 2.68. The first kappa shape index (κ1) is 13.4. The van der Waals surface area contributed by atoms with Crippen LogP contribution in [0.15, 0.2) is 18.2 Å². The summed E-state index contributed by atoms with van der Waals surface area (Å²) < 4.78 is 5.30. The molecule has 1 heterocycles. The third-order valence-corrected chi connectivity index (χ3v) is 4.03. The van der Waals surface area contributed by atoms with Crippen LogP contribution in [0.2, 0.25) is 0 Å². The van der Waals surface area contributed by atoms with Gasteiger partial charge in [-0.15, -0.1) is 0 Å². The number of ether oxygens (including phenoxy) is 1. The smallest absolute Gasteiger partial charge is 0.123 e. The molecular weight excluding hydrogens is 224 g/mol. The van der Waals surface area contributed by atoms with Gasteiger partial charge in [0.1, 0.15) is 5.75 Å². The zero-order chi connectivity index (χ0) is 13.1. The minimum atomic E-state index is 0.532. The average molecular weight is 248 g/mol. The molecule has 1 aromatic rings. The monoisotopic (exact) mass is 248 g/mol. The lowest BCUT2D eigenvalue weighted by molar-refractivity contribution is 0.316. The van der Waals surface area contributed by atoms with Gasteiger partial charge in [-0.2, -0.15) is 0 Å². The van der Waals surface area contributed by atoms with E-state index in [0.717, 1.165) is 29.7 Å². The van der Waals surface area contributed by atoms with E-state index in [1.807, 2.05) is 6.07 Å². The molecule has 18 heavy (non-hydrogen) atoms. The van der Waals surface area contributed by atoms with Gasteiger partial charge in [0.05, 0.1) is 7.11 Å². The highest BCUT2D eigenvalue weighted by Gasteiger charge is 2.25. The predicted molar refractivity (Wildman–Crippen MR) is 74.5 cm³/mol. The Morgan fingerprint density at radius 1 is 1.28 bits per heavy atom. The lowest BCUT2D eigenvalue weighted by Crippen LogP contribution is -2.20. The van der Waals surface area contributed by atoms with E-state index in [-0.39, 0.29) is 0 Å². The highest BCUT2D eigenvalue weighted by Crippen LogP contribution is 2.25. The van der Waals surface area contributed by atoms with Crippen LogP contribution < -0.4 is 10.5 Å². The summed E-state index contributed by atoms with van der Waals surface area (Å²) in [4.78, 5) is 2.53. The van der Waals surface area contributed by atoms with E-state index in [1.165, 1.54) is 18.7 Å². The topological polar surface area (TPSA) is 38.5 Å². The first-order chi connectivity index (χ1) is 8.63. The first-order valence-corrected chi connectivity index (χ1v) is 6.72. The minimum absolute atomic E-state index is 0.532.